The number of rotatable bonds is 5. The Balaban J connectivity index is 1.21. The zero-order chi connectivity index (χ0) is 30.3. The van der Waals surface area contributed by atoms with Crippen LogP contribution >= 0.6 is 0 Å². The van der Waals surface area contributed by atoms with Gasteiger partial charge in [-0.3, -0.25) is 14.8 Å². The van der Waals surface area contributed by atoms with E-state index in [0.29, 0.717) is 11.4 Å². The van der Waals surface area contributed by atoms with Gasteiger partial charge >= 0.3 is 0 Å². The summed E-state index contributed by atoms with van der Waals surface area (Å²) in [7, 11) is -4.51. The molecular formula is C30H29F2N5O5S. The third kappa shape index (κ3) is 5.87. The van der Waals surface area contributed by atoms with Gasteiger partial charge in [0.2, 0.25) is 15.3 Å². The maximum Gasteiger partial charge on any atom is 0.251 e. The number of anilines is 1. The van der Waals surface area contributed by atoms with Crippen LogP contribution < -0.4 is 15.0 Å². The number of carbonyl (C=O) groups excluding carboxylic acids is 1. The second-order valence-electron chi connectivity index (χ2n) is 10.7. The number of nitrogens with zero attached hydrogens (tertiary/aromatic N) is 4. The lowest BCUT2D eigenvalue weighted by molar-refractivity contribution is -0.00547. The molecule has 0 bridgehead atoms. The number of sulfone groups is 1. The lowest BCUT2D eigenvalue weighted by atomic mass is 10.1. The van der Waals surface area contributed by atoms with Crippen molar-refractivity contribution in [1.82, 2.24) is 20.3 Å². The summed E-state index contributed by atoms with van der Waals surface area (Å²) in [5.74, 6) is -1.60. The number of ether oxygens (including phenoxy) is 2. The van der Waals surface area contributed by atoms with Crippen LogP contribution in [-0.4, -0.2) is 66.7 Å². The van der Waals surface area contributed by atoms with Crippen molar-refractivity contribution in [2.75, 3.05) is 24.6 Å². The molecule has 2 aromatic carbocycles. The number of alkyl halides is 1. The van der Waals surface area contributed by atoms with Crippen LogP contribution in [0.3, 0.4) is 0 Å². The first-order chi connectivity index (χ1) is 20.6. The highest BCUT2D eigenvalue weighted by Crippen LogP contribution is 2.35. The largest absolute Gasteiger partial charge is 0.489 e. The molecule has 13 heteroatoms. The Hall–Kier alpha value is -4.23. The van der Waals surface area contributed by atoms with Crippen LogP contribution in [0.15, 0.2) is 59.9 Å². The van der Waals surface area contributed by atoms with Crippen LogP contribution in [0.1, 0.15) is 36.3 Å². The molecule has 0 spiro atoms. The number of pyridine rings is 1. The first-order valence-electron chi connectivity index (χ1n) is 13.8. The molecule has 224 valence electrons. The van der Waals surface area contributed by atoms with Gasteiger partial charge in [0.05, 0.1) is 49.1 Å². The minimum atomic E-state index is -4.51. The highest BCUT2D eigenvalue weighted by Gasteiger charge is 2.35. The van der Waals surface area contributed by atoms with Crippen molar-refractivity contribution in [3.8, 4) is 17.0 Å². The van der Waals surface area contributed by atoms with Crippen LogP contribution in [0.5, 0.6) is 5.75 Å². The molecule has 2 aromatic heterocycles. The predicted octanol–water partition coefficient (Wildman–Crippen LogP) is 4.23. The highest BCUT2D eigenvalue weighted by molar-refractivity contribution is 7.92. The number of halogens is 2. The average molecular weight is 610 g/mol. The summed E-state index contributed by atoms with van der Waals surface area (Å²) in [5, 5.41) is 4.36. The van der Waals surface area contributed by atoms with E-state index < -0.39 is 44.1 Å². The molecule has 4 aromatic rings. The van der Waals surface area contributed by atoms with Crippen molar-refractivity contribution in [3.63, 3.8) is 0 Å². The highest BCUT2D eigenvalue weighted by atomic mass is 32.2. The van der Waals surface area contributed by atoms with E-state index in [0.717, 1.165) is 47.4 Å². The number of nitrogens with one attached hydrogen (secondary N) is 1. The Labute approximate surface area is 247 Å². The average Bonchev–Trinajstić information content (AvgIpc) is 3.10. The second kappa shape index (κ2) is 11.5. The predicted molar refractivity (Wildman–Crippen MR) is 155 cm³/mol. The quantitative estimate of drug-likeness (QED) is 0.354. The number of fused-ring (bicyclic) bond motifs is 2. The summed E-state index contributed by atoms with van der Waals surface area (Å²) in [4.78, 5) is 28.0. The fourth-order valence-electron chi connectivity index (χ4n) is 5.32. The van der Waals surface area contributed by atoms with Gasteiger partial charge in [0, 0.05) is 42.2 Å². The lowest BCUT2D eigenvalue weighted by Crippen LogP contribution is -2.45. The molecule has 0 saturated carbocycles. The van der Waals surface area contributed by atoms with Crippen LogP contribution in [0.25, 0.3) is 22.0 Å². The molecule has 1 fully saturated rings. The molecular weight excluding hydrogens is 580 g/mol. The molecule has 2 aliphatic heterocycles. The molecule has 2 aliphatic rings. The van der Waals surface area contributed by atoms with Crippen molar-refractivity contribution < 1.29 is 31.5 Å². The first kappa shape index (κ1) is 28.9. The van der Waals surface area contributed by atoms with Gasteiger partial charge in [-0.15, -0.1) is 0 Å². The van der Waals surface area contributed by atoms with Crippen LogP contribution in [0.2, 0.25) is 0 Å². The third-order valence-corrected chi connectivity index (χ3v) is 9.20. The Bertz CT molecular complexity index is 1810. The van der Waals surface area contributed by atoms with Crippen molar-refractivity contribution in [2.24, 2.45) is 0 Å². The van der Waals surface area contributed by atoms with Crippen molar-refractivity contribution in [1.29, 1.82) is 0 Å². The summed E-state index contributed by atoms with van der Waals surface area (Å²) in [6, 6.07) is 9.44. The number of carbonyl (C=O) groups is 1. The summed E-state index contributed by atoms with van der Waals surface area (Å²) in [6.45, 7) is 5.19. The summed E-state index contributed by atoms with van der Waals surface area (Å²) < 4.78 is 64.9. The number of hydrogen-bond acceptors (Lipinski definition) is 9. The first-order valence-corrected chi connectivity index (χ1v) is 15.4. The van der Waals surface area contributed by atoms with Gasteiger partial charge in [0.15, 0.2) is 11.6 Å². The Morgan fingerprint density at radius 2 is 1.86 bits per heavy atom. The molecule has 1 saturated heterocycles. The van der Waals surface area contributed by atoms with E-state index in [-0.39, 0.29) is 30.9 Å². The Kier molecular flexibility index (Phi) is 7.69. The van der Waals surface area contributed by atoms with E-state index in [1.54, 1.807) is 18.6 Å². The van der Waals surface area contributed by atoms with Gasteiger partial charge < -0.3 is 19.7 Å². The standard InChI is InChI=1S/C30H29F2N5O5S/c1-17-15-37(16-18(2)42-17)28-14-33-13-25(36-28)19-3-4-20-11-34-23(8-21(20)7-19)12-35-30(38)22-9-24(31)29-26(10-22)43(39,40)27(32)5-6-41-29/h3-4,7-11,13-14,17-18,27H,5-6,12,15-16H2,1-2H3,(H,35,38)/t17-,18+,27?. The summed E-state index contributed by atoms with van der Waals surface area (Å²) in [5.41, 5.74) is -0.449. The number of benzene rings is 2. The van der Waals surface area contributed by atoms with Crippen LogP contribution in [-0.2, 0) is 21.1 Å². The smallest absolute Gasteiger partial charge is 0.251 e. The fraction of sp³-hybridized carbons (Fsp3) is 0.333. The summed E-state index contributed by atoms with van der Waals surface area (Å²) >= 11 is 0. The van der Waals surface area contributed by atoms with Gasteiger partial charge in [-0.1, -0.05) is 12.1 Å². The molecule has 1 amide bonds. The van der Waals surface area contributed by atoms with Gasteiger partial charge in [0.1, 0.15) is 10.7 Å². The minimum Gasteiger partial charge on any atom is -0.489 e. The Morgan fingerprint density at radius 3 is 2.65 bits per heavy atom. The molecule has 0 radical (unpaired) electrons. The maximum atomic E-state index is 14.7. The number of morpholine rings is 1. The third-order valence-electron chi connectivity index (χ3n) is 7.38. The minimum absolute atomic E-state index is 0.0185. The number of amides is 1. The van der Waals surface area contributed by atoms with Crippen molar-refractivity contribution in [2.45, 2.75) is 49.4 Å². The van der Waals surface area contributed by atoms with Crippen LogP contribution in [0, 0.1) is 5.82 Å². The lowest BCUT2D eigenvalue weighted by Gasteiger charge is -2.35. The zero-order valence-corrected chi connectivity index (χ0v) is 24.3. The van der Waals surface area contributed by atoms with Gasteiger partial charge in [0.25, 0.3) is 5.91 Å². The summed E-state index contributed by atoms with van der Waals surface area (Å²) in [6.07, 6.45) is 4.86. The van der Waals surface area contributed by atoms with Gasteiger partial charge in [-0.05, 0) is 43.5 Å². The van der Waals surface area contributed by atoms with Gasteiger partial charge in [-0.2, -0.15) is 0 Å². The number of hydrogen-bond donors (Lipinski definition) is 1. The van der Waals surface area contributed by atoms with E-state index in [9.17, 15) is 22.0 Å². The SMILES string of the molecule is C[C@@H]1CN(c2cncc(-c3ccc4cnc(CNC(=O)c5cc(F)c6c(c5)S(=O)(=O)C(F)CCO6)cc4c3)n2)C[C@H](C)O1. The number of aromatic nitrogens is 3. The molecule has 6 rings (SSSR count). The maximum absolute atomic E-state index is 14.7. The van der Waals surface area contributed by atoms with E-state index >= 15 is 0 Å². The molecule has 3 atom stereocenters. The molecule has 1 unspecified atom stereocenters. The molecule has 4 heterocycles. The zero-order valence-electron chi connectivity index (χ0n) is 23.5. The molecule has 1 N–H and O–H groups in total. The van der Waals surface area contributed by atoms with Gasteiger partial charge in [-0.25, -0.2) is 22.2 Å². The van der Waals surface area contributed by atoms with E-state index in [2.05, 4.69) is 20.2 Å². The second-order valence-corrected chi connectivity index (χ2v) is 12.8. The molecule has 43 heavy (non-hydrogen) atoms. The monoisotopic (exact) mass is 609 g/mol. The van der Waals surface area contributed by atoms with Crippen LogP contribution in [0.4, 0.5) is 14.6 Å². The molecule has 0 aliphatic carbocycles. The molecule has 10 nitrogen and oxygen atoms in total. The Morgan fingerprint density at radius 1 is 1.07 bits per heavy atom. The van der Waals surface area contributed by atoms with E-state index in [1.165, 1.54) is 0 Å². The normalized spacial score (nSPS) is 21.5. The van der Waals surface area contributed by atoms with Crippen molar-refractivity contribution in [3.05, 3.63) is 72.1 Å². The van der Waals surface area contributed by atoms with Crippen molar-refractivity contribution >= 4 is 32.3 Å². The van der Waals surface area contributed by atoms with E-state index in [4.69, 9.17) is 14.5 Å². The fourth-order valence-corrected chi connectivity index (χ4v) is 6.71. The van der Waals surface area contributed by atoms with E-state index in [1.807, 2.05) is 38.1 Å². The topological polar surface area (TPSA) is 124 Å².